The van der Waals surface area contributed by atoms with Crippen molar-refractivity contribution in [1.82, 2.24) is 20.1 Å². The molecule has 1 saturated heterocycles. The van der Waals surface area contributed by atoms with Gasteiger partial charge in [0.15, 0.2) is 5.82 Å². The fraction of sp³-hybridized carbons (Fsp3) is 0.385. The normalized spacial score (nSPS) is 18.9. The Balaban J connectivity index is 1.85. The summed E-state index contributed by atoms with van der Waals surface area (Å²) in [6.45, 7) is 1.93. The van der Waals surface area contributed by atoms with Crippen molar-refractivity contribution in [3.8, 4) is 11.4 Å². The van der Waals surface area contributed by atoms with Crippen molar-refractivity contribution in [3.05, 3.63) is 40.7 Å². The molecule has 0 saturated carbocycles. The number of nitrogens with zero attached hydrogens (tertiary/aromatic N) is 4. The van der Waals surface area contributed by atoms with Gasteiger partial charge in [-0.1, -0.05) is 12.1 Å². The molecule has 0 radical (unpaired) electrons. The van der Waals surface area contributed by atoms with Crippen LogP contribution in [-0.2, 0) is 0 Å². The molecule has 2 aromatic rings. The Kier molecular flexibility index (Phi) is 3.42. The third kappa shape index (κ3) is 2.53. The fourth-order valence-electron chi connectivity index (χ4n) is 2.40. The van der Waals surface area contributed by atoms with Crippen LogP contribution < -0.4 is 5.32 Å². The topological polar surface area (TPSA) is 85.9 Å². The van der Waals surface area contributed by atoms with Gasteiger partial charge in [-0.25, -0.2) is 9.67 Å². The first-order valence-electron chi connectivity index (χ1n) is 6.61. The lowest BCUT2D eigenvalue weighted by molar-refractivity contribution is -0.384. The number of non-ortho nitro benzene ring substituents is 1. The summed E-state index contributed by atoms with van der Waals surface area (Å²) in [6, 6.07) is 6.70. The molecule has 1 aromatic heterocycles. The summed E-state index contributed by atoms with van der Waals surface area (Å²) in [5, 5.41) is 18.6. The zero-order valence-corrected chi connectivity index (χ0v) is 10.9. The van der Waals surface area contributed by atoms with Crippen LogP contribution in [-0.4, -0.2) is 32.8 Å². The van der Waals surface area contributed by atoms with Crippen molar-refractivity contribution in [2.45, 2.75) is 18.9 Å². The minimum atomic E-state index is -0.411. The summed E-state index contributed by atoms with van der Waals surface area (Å²) in [4.78, 5) is 14.6. The summed E-state index contributed by atoms with van der Waals surface area (Å²) in [6.07, 6.45) is 3.90. The molecule has 1 unspecified atom stereocenters. The monoisotopic (exact) mass is 273 g/mol. The SMILES string of the molecule is O=[N+]([O-])c1cccc(-c2ncn(C3CCCNC3)n2)c1. The highest BCUT2D eigenvalue weighted by Crippen LogP contribution is 2.22. The van der Waals surface area contributed by atoms with E-state index in [0.29, 0.717) is 17.4 Å². The van der Waals surface area contributed by atoms with E-state index in [1.54, 1.807) is 18.5 Å². The van der Waals surface area contributed by atoms with Gasteiger partial charge in [0, 0.05) is 24.2 Å². The molecule has 0 bridgehead atoms. The summed E-state index contributed by atoms with van der Waals surface area (Å²) in [5.41, 5.74) is 0.722. The average molecular weight is 273 g/mol. The predicted octanol–water partition coefficient (Wildman–Crippen LogP) is 1.78. The third-order valence-corrected chi connectivity index (χ3v) is 3.47. The largest absolute Gasteiger partial charge is 0.315 e. The van der Waals surface area contributed by atoms with Gasteiger partial charge in [-0.3, -0.25) is 10.1 Å². The van der Waals surface area contributed by atoms with E-state index in [9.17, 15) is 10.1 Å². The first kappa shape index (κ1) is 12.7. The van der Waals surface area contributed by atoms with E-state index >= 15 is 0 Å². The summed E-state index contributed by atoms with van der Waals surface area (Å²) < 4.78 is 1.85. The van der Waals surface area contributed by atoms with Gasteiger partial charge in [-0.05, 0) is 19.4 Å². The number of nitro groups is 1. The molecule has 0 spiro atoms. The Hall–Kier alpha value is -2.28. The van der Waals surface area contributed by atoms with Gasteiger partial charge in [0.2, 0.25) is 0 Å². The van der Waals surface area contributed by atoms with Crippen LogP contribution in [0.1, 0.15) is 18.9 Å². The zero-order valence-electron chi connectivity index (χ0n) is 10.9. The quantitative estimate of drug-likeness (QED) is 0.680. The van der Waals surface area contributed by atoms with Gasteiger partial charge in [0.25, 0.3) is 5.69 Å². The molecule has 0 aliphatic carbocycles. The standard InChI is InChI=1S/C13H15N5O2/c19-18(20)11-4-1-3-10(7-11)13-15-9-17(16-13)12-5-2-6-14-8-12/h1,3-4,7,9,12,14H,2,5-6,8H2. The number of rotatable bonds is 3. The lowest BCUT2D eigenvalue weighted by Crippen LogP contribution is -2.31. The molecular formula is C13H15N5O2. The maximum absolute atomic E-state index is 10.8. The van der Waals surface area contributed by atoms with Crippen LogP contribution in [0.2, 0.25) is 0 Å². The number of hydrogen-bond acceptors (Lipinski definition) is 5. The van der Waals surface area contributed by atoms with Crippen LogP contribution in [0.15, 0.2) is 30.6 Å². The Morgan fingerprint density at radius 2 is 2.35 bits per heavy atom. The van der Waals surface area contributed by atoms with Crippen molar-refractivity contribution < 1.29 is 4.92 Å². The van der Waals surface area contributed by atoms with Gasteiger partial charge in [0.05, 0.1) is 11.0 Å². The van der Waals surface area contributed by atoms with Gasteiger partial charge in [-0.15, -0.1) is 0 Å². The fourth-order valence-corrected chi connectivity index (χ4v) is 2.40. The highest BCUT2D eigenvalue weighted by molar-refractivity contribution is 5.58. The summed E-state index contributed by atoms with van der Waals surface area (Å²) in [7, 11) is 0. The van der Waals surface area contributed by atoms with E-state index in [-0.39, 0.29) is 5.69 Å². The number of benzene rings is 1. The van der Waals surface area contributed by atoms with Crippen molar-refractivity contribution >= 4 is 5.69 Å². The number of hydrogen-bond donors (Lipinski definition) is 1. The molecule has 1 atom stereocenters. The van der Waals surface area contributed by atoms with E-state index in [4.69, 9.17) is 0 Å². The first-order valence-corrected chi connectivity index (χ1v) is 6.61. The van der Waals surface area contributed by atoms with Gasteiger partial charge < -0.3 is 5.32 Å². The molecule has 7 nitrogen and oxygen atoms in total. The number of nitro benzene ring substituents is 1. The van der Waals surface area contributed by atoms with Crippen LogP contribution in [0, 0.1) is 10.1 Å². The van der Waals surface area contributed by atoms with Gasteiger partial charge in [0.1, 0.15) is 6.33 Å². The predicted molar refractivity (Wildman–Crippen MR) is 73.3 cm³/mol. The molecule has 0 amide bonds. The van der Waals surface area contributed by atoms with Gasteiger partial charge in [-0.2, -0.15) is 5.10 Å². The minimum absolute atomic E-state index is 0.0539. The van der Waals surface area contributed by atoms with Crippen molar-refractivity contribution in [3.63, 3.8) is 0 Å². The lowest BCUT2D eigenvalue weighted by Gasteiger charge is -2.22. The molecule has 2 heterocycles. The lowest BCUT2D eigenvalue weighted by atomic mass is 10.1. The van der Waals surface area contributed by atoms with Crippen LogP contribution in [0.5, 0.6) is 0 Å². The van der Waals surface area contributed by atoms with E-state index in [1.807, 2.05) is 4.68 Å². The average Bonchev–Trinajstić information content (AvgIpc) is 2.98. The molecule has 7 heteroatoms. The molecule has 20 heavy (non-hydrogen) atoms. The smallest absolute Gasteiger partial charge is 0.270 e. The molecule has 1 N–H and O–H groups in total. The van der Waals surface area contributed by atoms with Crippen LogP contribution in [0.4, 0.5) is 5.69 Å². The highest BCUT2D eigenvalue weighted by atomic mass is 16.6. The van der Waals surface area contributed by atoms with Crippen molar-refractivity contribution in [2.24, 2.45) is 0 Å². The number of nitrogens with one attached hydrogen (secondary N) is 1. The van der Waals surface area contributed by atoms with E-state index < -0.39 is 4.92 Å². The summed E-state index contributed by atoms with van der Waals surface area (Å²) in [5.74, 6) is 0.527. The highest BCUT2D eigenvalue weighted by Gasteiger charge is 2.17. The van der Waals surface area contributed by atoms with Gasteiger partial charge >= 0.3 is 0 Å². The van der Waals surface area contributed by atoms with E-state index in [0.717, 1.165) is 25.9 Å². The molecule has 104 valence electrons. The van der Waals surface area contributed by atoms with E-state index in [2.05, 4.69) is 15.4 Å². The summed E-state index contributed by atoms with van der Waals surface area (Å²) >= 11 is 0. The second kappa shape index (κ2) is 5.38. The van der Waals surface area contributed by atoms with Crippen molar-refractivity contribution in [1.29, 1.82) is 0 Å². The molecular weight excluding hydrogens is 258 g/mol. The maximum atomic E-state index is 10.8. The minimum Gasteiger partial charge on any atom is -0.315 e. The molecule has 1 fully saturated rings. The van der Waals surface area contributed by atoms with Crippen LogP contribution in [0.25, 0.3) is 11.4 Å². The molecule has 3 rings (SSSR count). The second-order valence-electron chi connectivity index (χ2n) is 4.86. The Morgan fingerprint density at radius 3 is 3.10 bits per heavy atom. The first-order chi connectivity index (χ1) is 9.74. The van der Waals surface area contributed by atoms with Crippen molar-refractivity contribution in [2.75, 3.05) is 13.1 Å². The maximum Gasteiger partial charge on any atom is 0.270 e. The Bertz CT molecular complexity index is 619. The molecule has 1 aliphatic rings. The van der Waals surface area contributed by atoms with Crippen LogP contribution in [0.3, 0.4) is 0 Å². The Morgan fingerprint density at radius 1 is 1.45 bits per heavy atom. The van der Waals surface area contributed by atoms with E-state index in [1.165, 1.54) is 12.1 Å². The number of aromatic nitrogens is 3. The van der Waals surface area contributed by atoms with Crippen LogP contribution >= 0.6 is 0 Å². The zero-order chi connectivity index (χ0) is 13.9. The third-order valence-electron chi connectivity index (χ3n) is 3.47. The Labute approximate surface area is 115 Å². The second-order valence-corrected chi connectivity index (χ2v) is 4.86. The molecule has 1 aromatic carbocycles. The molecule has 1 aliphatic heterocycles. The number of piperidine rings is 1.